The Morgan fingerprint density at radius 1 is 1.45 bits per heavy atom. The summed E-state index contributed by atoms with van der Waals surface area (Å²) in [4.78, 5) is 18.5. The molecule has 0 spiro atoms. The maximum Gasteiger partial charge on any atom is 0.263 e. The molecule has 0 aromatic carbocycles. The Kier molecular flexibility index (Phi) is 4.93. The topological polar surface area (TPSA) is 54.0 Å². The van der Waals surface area contributed by atoms with Gasteiger partial charge in [-0.3, -0.25) is 4.79 Å². The molecule has 0 bridgehead atoms. The summed E-state index contributed by atoms with van der Waals surface area (Å²) in [5, 5.41) is 7.10. The van der Waals surface area contributed by atoms with Crippen molar-refractivity contribution in [1.82, 2.24) is 15.6 Å². The summed E-state index contributed by atoms with van der Waals surface area (Å²) in [6, 6.07) is 3.79. The van der Waals surface area contributed by atoms with Crippen LogP contribution < -0.4 is 10.6 Å². The SMILES string of the molecule is Cc1nc(-c2ccc(Cl)s2)sc1C(=O)NCC1=CCNCC1. The van der Waals surface area contributed by atoms with E-state index < -0.39 is 0 Å². The lowest BCUT2D eigenvalue weighted by Crippen LogP contribution is -2.29. The Hall–Kier alpha value is -1.21. The first kappa shape index (κ1) is 15.7. The molecular formula is C15H16ClN3OS2. The molecule has 3 heterocycles. The molecule has 0 radical (unpaired) electrons. The number of aryl methyl sites for hydroxylation is 1. The van der Waals surface area contributed by atoms with Crippen molar-refractivity contribution in [3.63, 3.8) is 0 Å². The predicted octanol–water partition coefficient (Wildman–Crippen LogP) is 3.48. The van der Waals surface area contributed by atoms with Gasteiger partial charge in [0.2, 0.25) is 0 Å². The number of nitrogens with zero attached hydrogens (tertiary/aromatic N) is 1. The van der Waals surface area contributed by atoms with Crippen molar-refractivity contribution in [3.8, 4) is 9.88 Å². The highest BCUT2D eigenvalue weighted by atomic mass is 35.5. The molecule has 2 aromatic rings. The molecule has 2 N–H and O–H groups in total. The van der Waals surface area contributed by atoms with Crippen LogP contribution in [0, 0.1) is 6.92 Å². The second-order valence-electron chi connectivity index (χ2n) is 5.04. The Bertz CT molecular complexity index is 720. The van der Waals surface area contributed by atoms with E-state index in [9.17, 15) is 4.79 Å². The summed E-state index contributed by atoms with van der Waals surface area (Å²) in [6.07, 6.45) is 3.13. The van der Waals surface area contributed by atoms with Crippen LogP contribution in [0.1, 0.15) is 21.8 Å². The second kappa shape index (κ2) is 6.91. The highest BCUT2D eigenvalue weighted by Crippen LogP contribution is 2.34. The lowest BCUT2D eigenvalue weighted by atomic mass is 10.1. The van der Waals surface area contributed by atoms with Gasteiger partial charge in [-0.25, -0.2) is 4.98 Å². The van der Waals surface area contributed by atoms with E-state index in [1.54, 1.807) is 0 Å². The van der Waals surface area contributed by atoms with Crippen LogP contribution in [0.5, 0.6) is 0 Å². The van der Waals surface area contributed by atoms with Crippen molar-refractivity contribution in [2.45, 2.75) is 13.3 Å². The Morgan fingerprint density at radius 2 is 2.32 bits per heavy atom. The van der Waals surface area contributed by atoms with E-state index in [-0.39, 0.29) is 5.91 Å². The first-order chi connectivity index (χ1) is 10.6. The average Bonchev–Trinajstić information content (AvgIpc) is 3.12. The van der Waals surface area contributed by atoms with Crippen molar-refractivity contribution in [2.75, 3.05) is 19.6 Å². The third-order valence-corrected chi connectivity index (χ3v) is 5.98. The largest absolute Gasteiger partial charge is 0.348 e. The molecule has 0 saturated heterocycles. The van der Waals surface area contributed by atoms with Crippen LogP contribution >= 0.6 is 34.3 Å². The number of aromatic nitrogens is 1. The van der Waals surface area contributed by atoms with Gasteiger partial charge < -0.3 is 10.6 Å². The van der Waals surface area contributed by atoms with Gasteiger partial charge in [-0.2, -0.15) is 0 Å². The number of hydrogen-bond donors (Lipinski definition) is 2. The van der Waals surface area contributed by atoms with E-state index >= 15 is 0 Å². The fourth-order valence-electron chi connectivity index (χ4n) is 2.25. The van der Waals surface area contributed by atoms with Crippen molar-refractivity contribution >= 4 is 40.2 Å². The van der Waals surface area contributed by atoms with Crippen molar-refractivity contribution in [2.24, 2.45) is 0 Å². The normalized spacial score (nSPS) is 14.7. The molecule has 1 aliphatic rings. The second-order valence-corrected chi connectivity index (χ2v) is 7.75. The van der Waals surface area contributed by atoms with Gasteiger partial charge in [0.25, 0.3) is 5.91 Å². The number of thiophene rings is 1. The zero-order chi connectivity index (χ0) is 15.5. The van der Waals surface area contributed by atoms with Gasteiger partial charge in [-0.05, 0) is 32.0 Å². The van der Waals surface area contributed by atoms with E-state index in [0.29, 0.717) is 11.4 Å². The van der Waals surface area contributed by atoms with E-state index in [0.717, 1.165) is 39.4 Å². The predicted molar refractivity (Wildman–Crippen MR) is 93.1 cm³/mol. The first-order valence-electron chi connectivity index (χ1n) is 7.03. The van der Waals surface area contributed by atoms with Gasteiger partial charge in [-0.1, -0.05) is 23.3 Å². The van der Waals surface area contributed by atoms with Crippen LogP contribution in [0.15, 0.2) is 23.8 Å². The molecule has 4 nitrogen and oxygen atoms in total. The summed E-state index contributed by atoms with van der Waals surface area (Å²) in [7, 11) is 0. The number of thiazole rings is 1. The Morgan fingerprint density at radius 3 is 3.00 bits per heavy atom. The smallest absolute Gasteiger partial charge is 0.263 e. The number of amides is 1. The van der Waals surface area contributed by atoms with Crippen LogP contribution in [-0.2, 0) is 0 Å². The fraction of sp³-hybridized carbons (Fsp3) is 0.333. The standard InChI is InChI=1S/C15H16ClN3OS2/c1-9-13(14(20)18-8-10-4-6-17-7-5-10)22-15(19-9)11-2-3-12(16)21-11/h2-4,17H,5-8H2,1H3,(H,18,20). The zero-order valence-electron chi connectivity index (χ0n) is 12.1. The van der Waals surface area contributed by atoms with Crippen LogP contribution in [0.25, 0.3) is 9.88 Å². The summed E-state index contributed by atoms with van der Waals surface area (Å²) in [5.41, 5.74) is 2.04. The lowest BCUT2D eigenvalue weighted by Gasteiger charge is -2.14. The number of halogens is 1. The van der Waals surface area contributed by atoms with Crippen LogP contribution in [-0.4, -0.2) is 30.5 Å². The minimum atomic E-state index is -0.0525. The van der Waals surface area contributed by atoms with Crippen LogP contribution in [0.2, 0.25) is 4.34 Å². The van der Waals surface area contributed by atoms with Crippen molar-refractivity contribution in [3.05, 3.63) is 38.7 Å². The number of carbonyl (C=O) groups excluding carboxylic acids is 1. The van der Waals surface area contributed by atoms with Gasteiger partial charge in [-0.15, -0.1) is 22.7 Å². The molecule has 7 heteroatoms. The summed E-state index contributed by atoms with van der Waals surface area (Å²) < 4.78 is 0.728. The molecule has 3 rings (SSSR count). The molecule has 0 unspecified atom stereocenters. The number of carbonyl (C=O) groups is 1. The van der Waals surface area contributed by atoms with Crippen molar-refractivity contribution in [1.29, 1.82) is 0 Å². The first-order valence-corrected chi connectivity index (χ1v) is 9.04. The Balaban J connectivity index is 1.70. The molecule has 0 aliphatic carbocycles. The zero-order valence-corrected chi connectivity index (χ0v) is 14.5. The Labute approximate surface area is 142 Å². The molecule has 1 amide bonds. The minimum absolute atomic E-state index is 0.0525. The summed E-state index contributed by atoms with van der Waals surface area (Å²) in [5.74, 6) is -0.0525. The third kappa shape index (κ3) is 3.57. The van der Waals surface area contributed by atoms with Crippen molar-refractivity contribution < 1.29 is 4.79 Å². The molecule has 0 saturated carbocycles. The fourth-order valence-corrected chi connectivity index (χ4v) is 4.33. The molecular weight excluding hydrogens is 338 g/mol. The molecule has 2 aromatic heterocycles. The number of nitrogens with one attached hydrogen (secondary N) is 2. The molecule has 22 heavy (non-hydrogen) atoms. The quantitative estimate of drug-likeness (QED) is 0.827. The van der Waals surface area contributed by atoms with Gasteiger partial charge in [0, 0.05) is 13.1 Å². The van der Waals surface area contributed by atoms with Crippen LogP contribution in [0.4, 0.5) is 0 Å². The highest BCUT2D eigenvalue weighted by molar-refractivity contribution is 7.24. The van der Waals surface area contributed by atoms with Gasteiger partial charge >= 0.3 is 0 Å². The summed E-state index contributed by atoms with van der Waals surface area (Å²) in [6.45, 7) is 4.34. The van der Waals surface area contributed by atoms with E-state index in [1.807, 2.05) is 19.1 Å². The number of hydrogen-bond acceptors (Lipinski definition) is 5. The van der Waals surface area contributed by atoms with E-state index in [1.165, 1.54) is 28.2 Å². The monoisotopic (exact) mass is 353 g/mol. The van der Waals surface area contributed by atoms with E-state index in [4.69, 9.17) is 11.6 Å². The minimum Gasteiger partial charge on any atom is -0.348 e. The number of rotatable bonds is 4. The van der Waals surface area contributed by atoms with Gasteiger partial charge in [0.15, 0.2) is 0 Å². The highest BCUT2D eigenvalue weighted by Gasteiger charge is 2.17. The molecule has 0 fully saturated rings. The molecule has 0 atom stereocenters. The summed E-state index contributed by atoms with van der Waals surface area (Å²) >= 11 is 8.85. The maximum atomic E-state index is 12.4. The molecule has 1 aliphatic heterocycles. The maximum absolute atomic E-state index is 12.4. The van der Waals surface area contributed by atoms with Crippen LogP contribution in [0.3, 0.4) is 0 Å². The van der Waals surface area contributed by atoms with Gasteiger partial charge in [0.05, 0.1) is 14.9 Å². The lowest BCUT2D eigenvalue weighted by molar-refractivity contribution is 0.0960. The third-order valence-electron chi connectivity index (χ3n) is 3.42. The average molecular weight is 354 g/mol. The molecule has 116 valence electrons. The van der Waals surface area contributed by atoms with E-state index in [2.05, 4.69) is 21.7 Å². The van der Waals surface area contributed by atoms with Gasteiger partial charge in [0.1, 0.15) is 9.88 Å².